The third-order valence-corrected chi connectivity index (χ3v) is 5.20. The van der Waals surface area contributed by atoms with Crippen molar-refractivity contribution in [3.63, 3.8) is 0 Å². The summed E-state index contributed by atoms with van der Waals surface area (Å²) in [7, 11) is -1.53. The van der Waals surface area contributed by atoms with Crippen LogP contribution in [0.2, 0.25) is 0 Å². The molecule has 0 amide bonds. The molecule has 0 aromatic carbocycles. The van der Waals surface area contributed by atoms with Crippen LogP contribution in [0.25, 0.3) is 0 Å². The zero-order valence-electron chi connectivity index (χ0n) is 12.9. The highest BCUT2D eigenvalue weighted by molar-refractivity contribution is 7.89. The van der Waals surface area contributed by atoms with Crippen LogP contribution in [-0.4, -0.2) is 56.2 Å². The average molecular weight is 315 g/mol. The van der Waals surface area contributed by atoms with Crippen molar-refractivity contribution in [2.75, 3.05) is 26.7 Å². The van der Waals surface area contributed by atoms with E-state index in [9.17, 15) is 8.42 Å². The Labute approximate surface area is 126 Å². The van der Waals surface area contributed by atoms with E-state index in [2.05, 4.69) is 25.1 Å². The molecule has 1 heterocycles. The van der Waals surface area contributed by atoms with Crippen LogP contribution in [0.3, 0.4) is 0 Å². The van der Waals surface area contributed by atoms with Crippen LogP contribution in [0.4, 0.5) is 0 Å². The predicted molar refractivity (Wildman–Crippen MR) is 81.5 cm³/mol. The van der Waals surface area contributed by atoms with Gasteiger partial charge in [-0.2, -0.15) is 5.10 Å². The number of likely N-dealkylation sites (N-methyl/N-ethyl adjacent to an activating group) is 1. The average Bonchev–Trinajstić information content (AvgIpc) is 3.20. The maximum absolute atomic E-state index is 12.4. The minimum absolute atomic E-state index is 0.107. The summed E-state index contributed by atoms with van der Waals surface area (Å²) in [6, 6.07) is 0.631. The summed E-state index contributed by atoms with van der Waals surface area (Å²) in [6.45, 7) is 6.22. The van der Waals surface area contributed by atoms with Crippen molar-refractivity contribution >= 4 is 10.0 Å². The maximum atomic E-state index is 12.4. The summed E-state index contributed by atoms with van der Waals surface area (Å²) in [5.74, 6) is 0. The monoisotopic (exact) mass is 315 g/mol. The summed E-state index contributed by atoms with van der Waals surface area (Å²) in [5, 5.41) is 9.96. The highest BCUT2D eigenvalue weighted by Crippen LogP contribution is 2.24. The van der Waals surface area contributed by atoms with Crippen molar-refractivity contribution in [2.45, 2.75) is 44.3 Å². The van der Waals surface area contributed by atoms with Crippen LogP contribution < -0.4 is 10.0 Å². The Morgan fingerprint density at radius 3 is 2.76 bits per heavy atom. The summed E-state index contributed by atoms with van der Waals surface area (Å²) in [4.78, 5) is 2.19. The number of aryl methyl sites for hydroxylation is 1. The number of sulfonamides is 1. The molecule has 0 spiro atoms. The number of rotatable bonds is 9. The molecule has 1 saturated carbocycles. The fraction of sp³-hybridized carbons (Fsp3) is 0.769. The minimum atomic E-state index is -3.56. The first-order valence-corrected chi connectivity index (χ1v) is 8.88. The third kappa shape index (κ3) is 4.26. The molecular weight excluding hydrogens is 290 g/mol. The van der Waals surface area contributed by atoms with Crippen LogP contribution in [0.1, 0.15) is 31.0 Å². The largest absolute Gasteiger partial charge is 0.313 e. The van der Waals surface area contributed by atoms with E-state index < -0.39 is 10.0 Å². The molecule has 0 unspecified atom stereocenters. The first kappa shape index (κ1) is 16.4. The van der Waals surface area contributed by atoms with Crippen LogP contribution in [-0.2, 0) is 16.6 Å². The first-order chi connectivity index (χ1) is 9.95. The normalized spacial score (nSPS) is 15.8. The van der Waals surface area contributed by atoms with E-state index in [1.807, 2.05) is 20.9 Å². The molecule has 0 aliphatic heterocycles. The lowest BCUT2D eigenvalue weighted by Crippen LogP contribution is -2.34. The lowest BCUT2D eigenvalue weighted by molar-refractivity contribution is 0.329. The Kier molecular flexibility index (Phi) is 5.37. The standard InChI is InChI=1S/C13H25N5O2S/c1-4-14-9-12-10(2)16-17-13(12)21(19,20)15-7-8-18(3)11-5-6-11/h11,14-15H,4-9H2,1-3H3,(H,16,17). The molecule has 0 radical (unpaired) electrons. The number of nitrogens with one attached hydrogen (secondary N) is 3. The van der Waals surface area contributed by atoms with Crippen molar-refractivity contribution in [1.29, 1.82) is 0 Å². The van der Waals surface area contributed by atoms with Gasteiger partial charge in [0.2, 0.25) is 0 Å². The van der Waals surface area contributed by atoms with Crippen LogP contribution in [0, 0.1) is 6.92 Å². The molecule has 7 nitrogen and oxygen atoms in total. The van der Waals surface area contributed by atoms with Crippen molar-refractivity contribution in [1.82, 2.24) is 25.1 Å². The fourth-order valence-corrected chi connectivity index (χ4v) is 3.45. The Morgan fingerprint density at radius 1 is 1.43 bits per heavy atom. The zero-order chi connectivity index (χ0) is 15.5. The Morgan fingerprint density at radius 2 is 2.14 bits per heavy atom. The fourth-order valence-electron chi connectivity index (χ4n) is 2.23. The molecule has 1 aliphatic rings. The van der Waals surface area contributed by atoms with Crippen LogP contribution in [0.15, 0.2) is 5.03 Å². The molecule has 120 valence electrons. The number of aromatic amines is 1. The predicted octanol–water partition coefficient (Wildman–Crippen LogP) is 0.200. The van der Waals surface area contributed by atoms with Crippen LogP contribution >= 0.6 is 0 Å². The molecule has 21 heavy (non-hydrogen) atoms. The van der Waals surface area contributed by atoms with E-state index in [-0.39, 0.29) is 5.03 Å². The summed E-state index contributed by atoms with van der Waals surface area (Å²) >= 11 is 0. The second-order valence-electron chi connectivity index (χ2n) is 5.52. The Bertz CT molecular complexity index is 565. The van der Waals surface area contributed by atoms with Gasteiger partial charge < -0.3 is 10.2 Å². The van der Waals surface area contributed by atoms with Gasteiger partial charge in [-0.05, 0) is 33.4 Å². The van der Waals surface area contributed by atoms with Gasteiger partial charge in [0, 0.05) is 36.9 Å². The molecular formula is C13H25N5O2S. The lowest BCUT2D eigenvalue weighted by atomic mass is 10.2. The second-order valence-corrected chi connectivity index (χ2v) is 7.20. The van der Waals surface area contributed by atoms with Crippen molar-refractivity contribution < 1.29 is 8.42 Å². The maximum Gasteiger partial charge on any atom is 0.260 e. The van der Waals surface area contributed by atoms with Gasteiger partial charge in [0.15, 0.2) is 5.03 Å². The highest BCUT2D eigenvalue weighted by Gasteiger charge is 2.27. The summed E-state index contributed by atoms with van der Waals surface area (Å²) in [5.41, 5.74) is 1.49. The van der Waals surface area contributed by atoms with Crippen molar-refractivity contribution in [3.05, 3.63) is 11.3 Å². The molecule has 0 bridgehead atoms. The quantitative estimate of drug-likeness (QED) is 0.606. The Hall–Kier alpha value is -0.960. The molecule has 8 heteroatoms. The van der Waals surface area contributed by atoms with E-state index in [0.29, 0.717) is 24.7 Å². The summed E-state index contributed by atoms with van der Waals surface area (Å²) < 4.78 is 27.4. The zero-order valence-corrected chi connectivity index (χ0v) is 13.8. The minimum Gasteiger partial charge on any atom is -0.313 e. The molecule has 0 saturated heterocycles. The van der Waals surface area contributed by atoms with Gasteiger partial charge in [-0.25, -0.2) is 13.1 Å². The topological polar surface area (TPSA) is 90.1 Å². The number of hydrogen-bond donors (Lipinski definition) is 3. The first-order valence-electron chi connectivity index (χ1n) is 7.40. The van der Waals surface area contributed by atoms with Gasteiger partial charge in [-0.1, -0.05) is 6.92 Å². The smallest absolute Gasteiger partial charge is 0.260 e. The molecule has 1 aliphatic carbocycles. The second kappa shape index (κ2) is 6.87. The van der Waals surface area contributed by atoms with Crippen molar-refractivity contribution in [2.24, 2.45) is 0 Å². The number of H-pyrrole nitrogens is 1. The third-order valence-electron chi connectivity index (χ3n) is 3.77. The van der Waals surface area contributed by atoms with E-state index in [0.717, 1.165) is 18.8 Å². The van der Waals surface area contributed by atoms with Gasteiger partial charge in [0.25, 0.3) is 10.0 Å². The van der Waals surface area contributed by atoms with E-state index in [1.165, 1.54) is 12.8 Å². The Balaban J connectivity index is 1.97. The molecule has 1 aromatic heterocycles. The van der Waals surface area contributed by atoms with E-state index >= 15 is 0 Å². The summed E-state index contributed by atoms with van der Waals surface area (Å²) in [6.07, 6.45) is 2.43. The van der Waals surface area contributed by atoms with Gasteiger partial charge in [-0.3, -0.25) is 5.10 Å². The molecule has 1 aromatic rings. The molecule has 3 N–H and O–H groups in total. The van der Waals surface area contributed by atoms with Gasteiger partial charge in [0.05, 0.1) is 0 Å². The molecule has 1 fully saturated rings. The van der Waals surface area contributed by atoms with Gasteiger partial charge in [-0.15, -0.1) is 0 Å². The number of nitrogens with zero attached hydrogens (tertiary/aromatic N) is 2. The molecule has 0 atom stereocenters. The van der Waals surface area contributed by atoms with Gasteiger partial charge >= 0.3 is 0 Å². The highest BCUT2D eigenvalue weighted by atomic mass is 32.2. The van der Waals surface area contributed by atoms with E-state index in [4.69, 9.17) is 0 Å². The van der Waals surface area contributed by atoms with Gasteiger partial charge in [0.1, 0.15) is 0 Å². The number of aromatic nitrogens is 2. The van der Waals surface area contributed by atoms with Crippen molar-refractivity contribution in [3.8, 4) is 0 Å². The van der Waals surface area contributed by atoms with E-state index in [1.54, 1.807) is 0 Å². The SMILES string of the molecule is CCNCc1c(S(=O)(=O)NCCN(C)C2CC2)n[nH]c1C. The van der Waals surface area contributed by atoms with Crippen LogP contribution in [0.5, 0.6) is 0 Å². The number of hydrogen-bond acceptors (Lipinski definition) is 5. The lowest BCUT2D eigenvalue weighted by Gasteiger charge is -2.15. The molecule has 2 rings (SSSR count).